The number of aromatic hydroxyl groups is 1. The number of carbonyl (C=O) groups is 1. The number of esters is 1. The van der Waals surface area contributed by atoms with E-state index in [0.717, 1.165) is 29.5 Å². The molecule has 1 atom stereocenters. The predicted molar refractivity (Wildman–Crippen MR) is 55.7 cm³/mol. The van der Waals surface area contributed by atoms with Gasteiger partial charge in [0.15, 0.2) is 0 Å². The van der Waals surface area contributed by atoms with Gasteiger partial charge in [-0.05, 0) is 48.6 Å². The van der Waals surface area contributed by atoms with E-state index in [2.05, 4.69) is 0 Å². The fourth-order valence-electron chi connectivity index (χ4n) is 2.04. The number of fused-ring (bicyclic) bond motifs is 1. The van der Waals surface area contributed by atoms with Crippen molar-refractivity contribution in [3.05, 3.63) is 28.8 Å². The number of carbonyl (C=O) groups excluding carboxylic acids is 1. The minimum absolute atomic E-state index is 0.128. The predicted octanol–water partition coefficient (Wildman–Crippen LogP) is 2.25. The molecule has 0 amide bonds. The third-order valence-electron chi connectivity index (χ3n) is 2.79. The molecule has 1 aromatic carbocycles. The highest BCUT2D eigenvalue weighted by Gasteiger charge is 2.25. The van der Waals surface area contributed by atoms with Crippen molar-refractivity contribution < 1.29 is 14.6 Å². The van der Waals surface area contributed by atoms with Crippen LogP contribution in [0.1, 0.15) is 36.1 Å². The normalized spacial score (nSPS) is 18.7. The smallest absolute Gasteiger partial charge is 0.303 e. The Morgan fingerprint density at radius 1 is 1.53 bits per heavy atom. The van der Waals surface area contributed by atoms with E-state index >= 15 is 0 Å². The fourth-order valence-corrected chi connectivity index (χ4v) is 2.04. The summed E-state index contributed by atoms with van der Waals surface area (Å²) in [7, 11) is 0. The lowest BCUT2D eigenvalue weighted by Crippen LogP contribution is -2.05. The van der Waals surface area contributed by atoms with E-state index in [1.807, 2.05) is 13.0 Å². The van der Waals surface area contributed by atoms with Crippen molar-refractivity contribution in [2.24, 2.45) is 0 Å². The summed E-state index contributed by atoms with van der Waals surface area (Å²) >= 11 is 0. The van der Waals surface area contributed by atoms with Gasteiger partial charge in [-0.25, -0.2) is 0 Å². The molecule has 0 saturated carbocycles. The molecule has 1 unspecified atom stereocenters. The first-order chi connectivity index (χ1) is 7.08. The zero-order valence-electron chi connectivity index (χ0n) is 8.91. The molecule has 2 rings (SSSR count). The SMILES string of the molecule is CC(=O)OC1CCc2cc(O)c(C)cc21. The molecule has 0 spiro atoms. The first kappa shape index (κ1) is 10.0. The van der Waals surface area contributed by atoms with Crippen LogP contribution >= 0.6 is 0 Å². The van der Waals surface area contributed by atoms with Crippen LogP contribution in [0.2, 0.25) is 0 Å². The average molecular weight is 206 g/mol. The van der Waals surface area contributed by atoms with E-state index in [0.29, 0.717) is 5.75 Å². The Hall–Kier alpha value is -1.51. The van der Waals surface area contributed by atoms with Gasteiger partial charge in [0.05, 0.1) is 0 Å². The number of benzene rings is 1. The highest BCUT2D eigenvalue weighted by Crippen LogP contribution is 2.37. The van der Waals surface area contributed by atoms with Crippen molar-refractivity contribution in [3.8, 4) is 5.75 Å². The molecule has 1 aliphatic rings. The molecule has 0 bridgehead atoms. The second-order valence-electron chi connectivity index (χ2n) is 3.97. The van der Waals surface area contributed by atoms with Gasteiger partial charge in [0.1, 0.15) is 11.9 Å². The first-order valence-electron chi connectivity index (χ1n) is 5.07. The second-order valence-corrected chi connectivity index (χ2v) is 3.97. The van der Waals surface area contributed by atoms with Gasteiger partial charge < -0.3 is 9.84 Å². The summed E-state index contributed by atoms with van der Waals surface area (Å²) in [5.74, 6) is 0.0656. The van der Waals surface area contributed by atoms with Crippen LogP contribution in [-0.4, -0.2) is 11.1 Å². The van der Waals surface area contributed by atoms with Gasteiger partial charge in [-0.15, -0.1) is 0 Å². The van der Waals surface area contributed by atoms with E-state index < -0.39 is 0 Å². The van der Waals surface area contributed by atoms with Gasteiger partial charge in [0, 0.05) is 6.92 Å². The molecular formula is C12H14O3. The Balaban J connectivity index is 2.34. The van der Waals surface area contributed by atoms with Gasteiger partial charge in [-0.1, -0.05) is 0 Å². The molecule has 3 nitrogen and oxygen atoms in total. The van der Waals surface area contributed by atoms with Crippen LogP contribution in [0, 0.1) is 6.92 Å². The van der Waals surface area contributed by atoms with Crippen LogP contribution in [0.4, 0.5) is 0 Å². The molecule has 0 heterocycles. The molecule has 0 aromatic heterocycles. The Kier molecular flexibility index (Phi) is 2.39. The minimum Gasteiger partial charge on any atom is -0.508 e. The zero-order chi connectivity index (χ0) is 11.0. The Bertz CT molecular complexity index is 410. The summed E-state index contributed by atoms with van der Waals surface area (Å²) in [6.07, 6.45) is 1.55. The number of phenolic OH excluding ortho intramolecular Hbond substituents is 1. The zero-order valence-corrected chi connectivity index (χ0v) is 8.91. The topological polar surface area (TPSA) is 46.5 Å². The number of phenols is 1. The van der Waals surface area contributed by atoms with E-state index in [4.69, 9.17) is 4.74 Å². The lowest BCUT2D eigenvalue weighted by Gasteiger charge is -2.12. The molecule has 0 aliphatic heterocycles. The van der Waals surface area contributed by atoms with Crippen molar-refractivity contribution in [1.82, 2.24) is 0 Å². The Morgan fingerprint density at radius 2 is 2.27 bits per heavy atom. The summed E-state index contributed by atoms with van der Waals surface area (Å²) in [6, 6.07) is 3.68. The number of rotatable bonds is 1. The minimum atomic E-state index is -0.251. The molecule has 3 heteroatoms. The highest BCUT2D eigenvalue weighted by atomic mass is 16.5. The quantitative estimate of drug-likeness (QED) is 0.717. The maximum absolute atomic E-state index is 10.9. The number of aryl methyl sites for hydroxylation is 2. The second kappa shape index (κ2) is 3.57. The molecule has 0 saturated heterocycles. The van der Waals surface area contributed by atoms with Crippen LogP contribution in [0.5, 0.6) is 5.75 Å². The highest BCUT2D eigenvalue weighted by molar-refractivity contribution is 5.66. The third kappa shape index (κ3) is 1.82. The summed E-state index contributed by atoms with van der Waals surface area (Å²) in [4.78, 5) is 10.9. The van der Waals surface area contributed by atoms with Gasteiger partial charge >= 0.3 is 5.97 Å². The first-order valence-corrected chi connectivity index (χ1v) is 5.07. The molecule has 0 radical (unpaired) electrons. The van der Waals surface area contributed by atoms with Crippen molar-refractivity contribution in [3.63, 3.8) is 0 Å². The van der Waals surface area contributed by atoms with Crippen molar-refractivity contribution >= 4 is 5.97 Å². The molecule has 80 valence electrons. The maximum atomic E-state index is 10.9. The van der Waals surface area contributed by atoms with Gasteiger partial charge in [0.2, 0.25) is 0 Å². The summed E-state index contributed by atoms with van der Waals surface area (Å²) in [5.41, 5.74) is 2.96. The number of hydrogen-bond acceptors (Lipinski definition) is 3. The van der Waals surface area contributed by atoms with Crippen LogP contribution in [0.25, 0.3) is 0 Å². The van der Waals surface area contributed by atoms with Crippen molar-refractivity contribution in [2.45, 2.75) is 32.8 Å². The van der Waals surface area contributed by atoms with Crippen LogP contribution < -0.4 is 0 Å². The van der Waals surface area contributed by atoms with Gasteiger partial charge in [0.25, 0.3) is 0 Å². The molecule has 0 fully saturated rings. The van der Waals surface area contributed by atoms with Gasteiger partial charge in [-0.3, -0.25) is 4.79 Å². The van der Waals surface area contributed by atoms with E-state index in [1.165, 1.54) is 6.92 Å². The largest absolute Gasteiger partial charge is 0.508 e. The maximum Gasteiger partial charge on any atom is 0.303 e. The Labute approximate surface area is 88.7 Å². The van der Waals surface area contributed by atoms with Crippen LogP contribution in [0.3, 0.4) is 0 Å². The van der Waals surface area contributed by atoms with Gasteiger partial charge in [-0.2, -0.15) is 0 Å². The Morgan fingerprint density at radius 3 is 2.93 bits per heavy atom. The van der Waals surface area contributed by atoms with E-state index in [-0.39, 0.29) is 12.1 Å². The average Bonchev–Trinajstić information content (AvgIpc) is 2.49. The summed E-state index contributed by atoms with van der Waals surface area (Å²) in [6.45, 7) is 3.27. The molecule has 1 aromatic rings. The monoisotopic (exact) mass is 206 g/mol. The van der Waals surface area contributed by atoms with Crippen molar-refractivity contribution in [2.75, 3.05) is 0 Å². The van der Waals surface area contributed by atoms with E-state index in [1.54, 1.807) is 6.07 Å². The molecule has 1 N–H and O–H groups in total. The number of ether oxygens (including phenoxy) is 1. The molecular weight excluding hydrogens is 192 g/mol. The summed E-state index contributed by atoms with van der Waals surface area (Å²) in [5, 5.41) is 9.54. The van der Waals surface area contributed by atoms with Crippen LogP contribution in [0.15, 0.2) is 12.1 Å². The fraction of sp³-hybridized carbons (Fsp3) is 0.417. The molecule has 15 heavy (non-hydrogen) atoms. The van der Waals surface area contributed by atoms with E-state index in [9.17, 15) is 9.90 Å². The summed E-state index contributed by atoms with van der Waals surface area (Å²) < 4.78 is 5.21. The van der Waals surface area contributed by atoms with Crippen molar-refractivity contribution in [1.29, 1.82) is 0 Å². The third-order valence-corrected chi connectivity index (χ3v) is 2.79. The lowest BCUT2D eigenvalue weighted by atomic mass is 10.1. The lowest BCUT2D eigenvalue weighted by molar-refractivity contribution is -0.146. The van der Waals surface area contributed by atoms with Crippen LogP contribution in [-0.2, 0) is 16.0 Å². The molecule has 1 aliphatic carbocycles. The standard InChI is InChI=1S/C12H14O3/c1-7-5-10-9(6-11(7)14)3-4-12(10)15-8(2)13/h5-6,12,14H,3-4H2,1-2H3. The number of hydrogen-bond donors (Lipinski definition) is 1.